The van der Waals surface area contributed by atoms with Crippen molar-refractivity contribution in [2.75, 3.05) is 5.75 Å². The van der Waals surface area contributed by atoms with Crippen LogP contribution in [0.3, 0.4) is 0 Å². The summed E-state index contributed by atoms with van der Waals surface area (Å²) in [7, 11) is 0. The quantitative estimate of drug-likeness (QED) is 0.822. The molecule has 1 aliphatic heterocycles. The number of hydrogen-bond acceptors (Lipinski definition) is 4. The molecule has 5 heteroatoms. The van der Waals surface area contributed by atoms with Crippen molar-refractivity contribution >= 4 is 22.8 Å². The predicted molar refractivity (Wildman–Crippen MR) is 79.0 cm³/mol. The van der Waals surface area contributed by atoms with Gasteiger partial charge in [-0.15, -0.1) is 0 Å². The van der Waals surface area contributed by atoms with Crippen LogP contribution in [0, 0.1) is 5.92 Å². The topological polar surface area (TPSA) is 53.5 Å². The first kappa shape index (κ1) is 15.3. The zero-order valence-electron chi connectivity index (χ0n) is 12.0. The monoisotopic (exact) mass is 271 g/mol. The summed E-state index contributed by atoms with van der Waals surface area (Å²) in [5, 5.41) is 7.02. The van der Waals surface area contributed by atoms with Crippen LogP contribution in [0.25, 0.3) is 0 Å². The number of amides is 1. The van der Waals surface area contributed by atoms with E-state index in [0.717, 1.165) is 17.3 Å². The molecule has 18 heavy (non-hydrogen) atoms. The molecule has 0 aromatic heterocycles. The van der Waals surface area contributed by atoms with Crippen molar-refractivity contribution in [2.45, 2.75) is 59.2 Å². The Balaban J connectivity index is 2.53. The average Bonchev–Trinajstić information content (AvgIpc) is 2.28. The van der Waals surface area contributed by atoms with Crippen molar-refractivity contribution in [3.8, 4) is 0 Å². The van der Waals surface area contributed by atoms with Crippen LogP contribution in [0.4, 0.5) is 0 Å². The number of carbonyl (C=O) groups is 1. The van der Waals surface area contributed by atoms with Crippen LogP contribution in [-0.2, 0) is 4.79 Å². The molecular formula is C13H25N3OS. The zero-order valence-corrected chi connectivity index (χ0v) is 12.8. The van der Waals surface area contributed by atoms with E-state index in [1.54, 1.807) is 11.8 Å². The standard InChI is InChI=1S/C13H25N3OS/c1-8(2)11-6-7-18-13(16-11)15-10(5)12(17)14-9(3)4/h8-11H,6-7H2,1-5H3,(H,14,17)(H,15,16). The van der Waals surface area contributed by atoms with Crippen LogP contribution in [0.1, 0.15) is 41.0 Å². The Morgan fingerprint density at radius 1 is 1.33 bits per heavy atom. The summed E-state index contributed by atoms with van der Waals surface area (Å²) < 4.78 is 0. The van der Waals surface area contributed by atoms with Gasteiger partial charge < -0.3 is 10.6 Å². The van der Waals surface area contributed by atoms with Gasteiger partial charge in [-0.2, -0.15) is 0 Å². The van der Waals surface area contributed by atoms with E-state index >= 15 is 0 Å². The minimum absolute atomic E-state index is 0.0278. The molecule has 2 atom stereocenters. The maximum Gasteiger partial charge on any atom is 0.242 e. The number of nitrogens with one attached hydrogen (secondary N) is 2. The minimum atomic E-state index is -0.232. The normalized spacial score (nSPS) is 21.7. The maximum absolute atomic E-state index is 11.8. The molecule has 0 bridgehead atoms. The number of hydrogen-bond donors (Lipinski definition) is 2. The molecule has 0 aromatic carbocycles. The molecule has 1 aliphatic rings. The maximum atomic E-state index is 11.8. The van der Waals surface area contributed by atoms with Crippen LogP contribution in [0.5, 0.6) is 0 Å². The van der Waals surface area contributed by atoms with Gasteiger partial charge in [-0.25, -0.2) is 0 Å². The van der Waals surface area contributed by atoms with Crippen molar-refractivity contribution in [1.82, 2.24) is 10.6 Å². The number of carbonyl (C=O) groups excluding carboxylic acids is 1. The third kappa shape index (κ3) is 4.88. The van der Waals surface area contributed by atoms with Crippen LogP contribution < -0.4 is 10.6 Å². The first-order valence-corrected chi connectivity index (χ1v) is 7.66. The summed E-state index contributed by atoms with van der Waals surface area (Å²) in [5.41, 5.74) is 0. The Kier molecular flexibility index (Phi) is 5.99. The van der Waals surface area contributed by atoms with E-state index in [2.05, 4.69) is 29.5 Å². The fourth-order valence-electron chi connectivity index (χ4n) is 1.75. The van der Waals surface area contributed by atoms with Gasteiger partial charge in [-0.05, 0) is 33.1 Å². The van der Waals surface area contributed by atoms with E-state index < -0.39 is 0 Å². The van der Waals surface area contributed by atoms with Crippen LogP contribution in [0.15, 0.2) is 4.99 Å². The van der Waals surface area contributed by atoms with Gasteiger partial charge in [0.15, 0.2) is 5.17 Å². The summed E-state index contributed by atoms with van der Waals surface area (Å²) in [5.74, 6) is 1.66. The Labute approximate surface area is 114 Å². The third-order valence-corrected chi connectivity index (χ3v) is 3.81. The van der Waals surface area contributed by atoms with E-state index in [-0.39, 0.29) is 18.0 Å². The van der Waals surface area contributed by atoms with Crippen LogP contribution in [-0.4, -0.2) is 35.0 Å². The van der Waals surface area contributed by atoms with Gasteiger partial charge in [0, 0.05) is 11.8 Å². The molecule has 1 heterocycles. The van der Waals surface area contributed by atoms with Crippen molar-refractivity contribution in [1.29, 1.82) is 0 Å². The Morgan fingerprint density at radius 2 is 2.00 bits per heavy atom. The van der Waals surface area contributed by atoms with Gasteiger partial charge >= 0.3 is 0 Å². The molecule has 1 rings (SSSR count). The molecule has 0 spiro atoms. The SMILES string of the molecule is CC(C)NC(=O)C(C)NC1=NC(C(C)C)CCS1. The molecule has 0 aliphatic carbocycles. The van der Waals surface area contributed by atoms with E-state index in [1.807, 2.05) is 20.8 Å². The lowest BCUT2D eigenvalue weighted by Gasteiger charge is -2.25. The number of amidine groups is 1. The average molecular weight is 271 g/mol. The molecule has 0 saturated carbocycles. The molecular weight excluding hydrogens is 246 g/mol. The van der Waals surface area contributed by atoms with Gasteiger partial charge in [0.05, 0.1) is 6.04 Å². The van der Waals surface area contributed by atoms with E-state index in [0.29, 0.717) is 12.0 Å². The number of nitrogens with zero attached hydrogens (tertiary/aromatic N) is 1. The summed E-state index contributed by atoms with van der Waals surface area (Å²) in [6.45, 7) is 10.2. The largest absolute Gasteiger partial charge is 0.353 e. The number of rotatable bonds is 4. The van der Waals surface area contributed by atoms with Crippen molar-refractivity contribution in [3.05, 3.63) is 0 Å². The highest BCUT2D eigenvalue weighted by molar-refractivity contribution is 8.13. The van der Waals surface area contributed by atoms with Crippen molar-refractivity contribution in [2.24, 2.45) is 10.9 Å². The van der Waals surface area contributed by atoms with E-state index in [4.69, 9.17) is 0 Å². The van der Waals surface area contributed by atoms with E-state index in [1.165, 1.54) is 0 Å². The smallest absolute Gasteiger partial charge is 0.242 e. The highest BCUT2D eigenvalue weighted by Crippen LogP contribution is 2.21. The second-order valence-electron chi connectivity index (χ2n) is 5.41. The summed E-state index contributed by atoms with van der Waals surface area (Å²) in [4.78, 5) is 16.5. The number of thioether (sulfide) groups is 1. The van der Waals surface area contributed by atoms with Gasteiger partial charge in [0.1, 0.15) is 6.04 Å². The molecule has 104 valence electrons. The first-order valence-electron chi connectivity index (χ1n) is 6.67. The van der Waals surface area contributed by atoms with Gasteiger partial charge in [-0.3, -0.25) is 9.79 Å². The minimum Gasteiger partial charge on any atom is -0.353 e. The van der Waals surface area contributed by atoms with Gasteiger partial charge in [0.2, 0.25) is 5.91 Å². The highest BCUT2D eigenvalue weighted by Gasteiger charge is 2.21. The molecule has 0 saturated heterocycles. The Bertz CT molecular complexity index is 315. The second-order valence-corrected chi connectivity index (χ2v) is 6.50. The molecule has 4 nitrogen and oxygen atoms in total. The number of aliphatic imine (C=N–C) groups is 1. The first-order chi connectivity index (χ1) is 8.40. The summed E-state index contributed by atoms with van der Waals surface area (Å²) >= 11 is 1.71. The summed E-state index contributed by atoms with van der Waals surface area (Å²) in [6.07, 6.45) is 1.13. The summed E-state index contributed by atoms with van der Waals surface area (Å²) in [6, 6.07) is 0.324. The Hall–Kier alpha value is -0.710. The zero-order chi connectivity index (χ0) is 13.7. The fraction of sp³-hybridized carbons (Fsp3) is 0.846. The molecule has 0 aromatic rings. The second kappa shape index (κ2) is 7.02. The van der Waals surface area contributed by atoms with Gasteiger partial charge in [-0.1, -0.05) is 25.6 Å². The lowest BCUT2D eigenvalue weighted by Crippen LogP contribution is -2.47. The van der Waals surface area contributed by atoms with Crippen molar-refractivity contribution in [3.63, 3.8) is 0 Å². The fourth-order valence-corrected chi connectivity index (χ4v) is 2.77. The third-order valence-electron chi connectivity index (χ3n) is 2.87. The van der Waals surface area contributed by atoms with Crippen LogP contribution >= 0.6 is 11.8 Å². The molecule has 2 unspecified atom stereocenters. The molecule has 0 radical (unpaired) electrons. The van der Waals surface area contributed by atoms with Gasteiger partial charge in [0.25, 0.3) is 0 Å². The lowest BCUT2D eigenvalue weighted by atomic mass is 10.0. The Morgan fingerprint density at radius 3 is 2.56 bits per heavy atom. The lowest BCUT2D eigenvalue weighted by molar-refractivity contribution is -0.122. The van der Waals surface area contributed by atoms with Crippen molar-refractivity contribution < 1.29 is 4.79 Å². The molecule has 1 amide bonds. The molecule has 2 N–H and O–H groups in total. The van der Waals surface area contributed by atoms with E-state index in [9.17, 15) is 4.79 Å². The highest BCUT2D eigenvalue weighted by atomic mass is 32.2. The molecule has 0 fully saturated rings. The predicted octanol–water partition coefficient (Wildman–Crippen LogP) is 2.01. The van der Waals surface area contributed by atoms with Crippen LogP contribution in [0.2, 0.25) is 0 Å².